The van der Waals surface area contributed by atoms with Gasteiger partial charge in [0.15, 0.2) is 0 Å². The van der Waals surface area contributed by atoms with E-state index in [0.717, 1.165) is 19.4 Å². The molecular formula is C14H31NO. The van der Waals surface area contributed by atoms with E-state index in [1.54, 1.807) is 0 Å². The van der Waals surface area contributed by atoms with Crippen molar-refractivity contribution in [2.24, 2.45) is 5.41 Å². The van der Waals surface area contributed by atoms with Crippen LogP contribution in [0.15, 0.2) is 0 Å². The van der Waals surface area contributed by atoms with Crippen LogP contribution in [-0.4, -0.2) is 22.4 Å². The minimum absolute atomic E-state index is 0.121. The molecule has 0 spiro atoms. The van der Waals surface area contributed by atoms with Crippen molar-refractivity contribution in [2.45, 2.75) is 79.2 Å². The van der Waals surface area contributed by atoms with Crippen LogP contribution in [0, 0.1) is 5.41 Å². The Bertz CT molecular complexity index is 182. The minimum atomic E-state index is -0.121. The lowest BCUT2D eigenvalue weighted by atomic mass is 9.81. The van der Waals surface area contributed by atoms with E-state index in [1.165, 1.54) is 24.3 Å². The van der Waals surface area contributed by atoms with E-state index in [2.05, 4.69) is 41.5 Å². The van der Waals surface area contributed by atoms with Crippen molar-refractivity contribution in [1.82, 2.24) is 5.06 Å². The molecule has 0 saturated carbocycles. The highest BCUT2D eigenvalue weighted by atomic mass is 16.5. The molecule has 0 amide bonds. The van der Waals surface area contributed by atoms with E-state index in [9.17, 15) is 5.21 Å². The van der Waals surface area contributed by atoms with Crippen LogP contribution < -0.4 is 0 Å². The SMILES string of the molecule is CCCCCCN(O)C(C)(C)CC(C)(C)C. The quantitative estimate of drug-likeness (QED) is 0.514. The van der Waals surface area contributed by atoms with E-state index in [-0.39, 0.29) is 11.0 Å². The normalized spacial score (nSPS) is 13.5. The third-order valence-corrected chi connectivity index (χ3v) is 2.89. The van der Waals surface area contributed by atoms with Crippen molar-refractivity contribution in [3.8, 4) is 0 Å². The molecule has 0 atom stereocenters. The van der Waals surface area contributed by atoms with Gasteiger partial charge < -0.3 is 5.21 Å². The molecule has 0 radical (unpaired) electrons. The van der Waals surface area contributed by atoms with Gasteiger partial charge in [0.1, 0.15) is 0 Å². The summed E-state index contributed by atoms with van der Waals surface area (Å²) in [4.78, 5) is 0. The molecule has 0 aliphatic heterocycles. The average molecular weight is 229 g/mol. The van der Waals surface area contributed by atoms with E-state index in [1.807, 2.05) is 0 Å². The zero-order valence-corrected chi connectivity index (χ0v) is 12.1. The lowest BCUT2D eigenvalue weighted by Crippen LogP contribution is -2.44. The predicted molar refractivity (Wildman–Crippen MR) is 70.8 cm³/mol. The largest absolute Gasteiger partial charge is 0.313 e. The molecule has 0 unspecified atom stereocenters. The van der Waals surface area contributed by atoms with E-state index in [0.29, 0.717) is 0 Å². The molecule has 0 aromatic carbocycles. The summed E-state index contributed by atoms with van der Waals surface area (Å²) >= 11 is 0. The highest BCUT2D eigenvalue weighted by Crippen LogP contribution is 2.30. The molecule has 1 N–H and O–H groups in total. The first-order valence-electron chi connectivity index (χ1n) is 6.65. The molecule has 0 bridgehead atoms. The minimum Gasteiger partial charge on any atom is -0.313 e. The Morgan fingerprint density at radius 2 is 1.50 bits per heavy atom. The Labute approximate surface area is 102 Å². The molecule has 16 heavy (non-hydrogen) atoms. The summed E-state index contributed by atoms with van der Waals surface area (Å²) in [5.74, 6) is 0. The van der Waals surface area contributed by atoms with Crippen molar-refractivity contribution < 1.29 is 5.21 Å². The molecule has 2 heteroatoms. The Morgan fingerprint density at radius 1 is 0.938 bits per heavy atom. The topological polar surface area (TPSA) is 23.5 Å². The number of hydrogen-bond donors (Lipinski definition) is 1. The molecule has 0 aliphatic rings. The fourth-order valence-corrected chi connectivity index (χ4v) is 2.38. The van der Waals surface area contributed by atoms with Crippen molar-refractivity contribution in [2.75, 3.05) is 6.54 Å². The van der Waals surface area contributed by atoms with Crippen molar-refractivity contribution in [1.29, 1.82) is 0 Å². The molecule has 0 saturated heterocycles. The van der Waals surface area contributed by atoms with Gasteiger partial charge in [-0.25, -0.2) is 0 Å². The first kappa shape index (κ1) is 15.9. The summed E-state index contributed by atoms with van der Waals surface area (Å²) in [5, 5.41) is 11.6. The second kappa shape index (κ2) is 6.61. The Kier molecular flexibility index (Phi) is 6.57. The average Bonchev–Trinajstić information content (AvgIpc) is 2.08. The number of unbranched alkanes of at least 4 members (excludes halogenated alkanes) is 3. The smallest absolute Gasteiger partial charge is 0.0409 e. The van der Waals surface area contributed by atoms with Crippen molar-refractivity contribution in [3.63, 3.8) is 0 Å². The van der Waals surface area contributed by atoms with Gasteiger partial charge in [-0.1, -0.05) is 47.0 Å². The maximum atomic E-state index is 10.1. The lowest BCUT2D eigenvalue weighted by Gasteiger charge is -2.38. The molecule has 0 fully saturated rings. The van der Waals surface area contributed by atoms with Gasteiger partial charge >= 0.3 is 0 Å². The van der Waals surface area contributed by atoms with Crippen LogP contribution in [0.2, 0.25) is 0 Å². The molecule has 2 nitrogen and oxygen atoms in total. The summed E-state index contributed by atoms with van der Waals surface area (Å²) in [7, 11) is 0. The molecular weight excluding hydrogens is 198 g/mol. The fourth-order valence-electron chi connectivity index (χ4n) is 2.38. The maximum Gasteiger partial charge on any atom is 0.0409 e. The second-order valence-corrected chi connectivity index (χ2v) is 6.73. The van der Waals surface area contributed by atoms with Crippen molar-refractivity contribution >= 4 is 0 Å². The fraction of sp³-hybridized carbons (Fsp3) is 1.00. The first-order valence-corrected chi connectivity index (χ1v) is 6.65. The third-order valence-electron chi connectivity index (χ3n) is 2.89. The monoisotopic (exact) mass is 229 g/mol. The number of nitrogens with zero attached hydrogens (tertiary/aromatic N) is 1. The van der Waals surface area contributed by atoms with Crippen LogP contribution in [0.3, 0.4) is 0 Å². The Morgan fingerprint density at radius 3 is 1.94 bits per heavy atom. The summed E-state index contributed by atoms with van der Waals surface area (Å²) in [5.41, 5.74) is 0.137. The van der Waals surface area contributed by atoms with Crippen LogP contribution in [0.25, 0.3) is 0 Å². The summed E-state index contributed by atoms with van der Waals surface area (Å²) in [6.07, 6.45) is 5.84. The van der Waals surface area contributed by atoms with Crippen LogP contribution >= 0.6 is 0 Å². The number of rotatable bonds is 7. The number of hydrogen-bond acceptors (Lipinski definition) is 2. The van der Waals surface area contributed by atoms with Crippen LogP contribution in [-0.2, 0) is 0 Å². The molecule has 0 aromatic heterocycles. The highest BCUT2D eigenvalue weighted by Gasteiger charge is 2.30. The van der Waals surface area contributed by atoms with Gasteiger partial charge in [0.05, 0.1) is 0 Å². The standard InChI is InChI=1S/C14H31NO/c1-7-8-9-10-11-15(16)14(5,6)12-13(2,3)4/h16H,7-12H2,1-6H3. The predicted octanol–water partition coefficient (Wildman–Crippen LogP) is 4.47. The first-order chi connectivity index (χ1) is 7.19. The van der Waals surface area contributed by atoms with Crippen LogP contribution in [0.5, 0.6) is 0 Å². The van der Waals surface area contributed by atoms with E-state index < -0.39 is 0 Å². The Hall–Kier alpha value is -0.0800. The van der Waals surface area contributed by atoms with Crippen LogP contribution in [0.1, 0.15) is 73.6 Å². The molecule has 98 valence electrons. The Balaban J connectivity index is 3.99. The zero-order valence-electron chi connectivity index (χ0n) is 12.1. The van der Waals surface area contributed by atoms with E-state index in [4.69, 9.17) is 0 Å². The van der Waals surface area contributed by atoms with Gasteiger partial charge in [-0.3, -0.25) is 0 Å². The number of hydroxylamine groups is 2. The third kappa shape index (κ3) is 7.24. The molecule has 0 aromatic rings. The van der Waals surface area contributed by atoms with Gasteiger partial charge in [-0.2, -0.15) is 5.06 Å². The van der Waals surface area contributed by atoms with Gasteiger partial charge in [-0.15, -0.1) is 0 Å². The summed E-state index contributed by atoms with van der Waals surface area (Å²) < 4.78 is 0. The lowest BCUT2D eigenvalue weighted by molar-refractivity contribution is -0.172. The molecule has 0 aliphatic carbocycles. The van der Waals surface area contributed by atoms with Gasteiger partial charge in [0.2, 0.25) is 0 Å². The summed E-state index contributed by atoms with van der Waals surface area (Å²) in [6, 6.07) is 0. The van der Waals surface area contributed by atoms with Crippen LogP contribution in [0.4, 0.5) is 0 Å². The second-order valence-electron chi connectivity index (χ2n) is 6.73. The molecule has 0 heterocycles. The molecule has 0 rings (SSSR count). The zero-order chi connectivity index (χ0) is 12.8. The van der Waals surface area contributed by atoms with E-state index >= 15 is 0 Å². The highest BCUT2D eigenvalue weighted by molar-refractivity contribution is 4.82. The van der Waals surface area contributed by atoms with Gasteiger partial charge in [-0.05, 0) is 32.1 Å². The maximum absolute atomic E-state index is 10.1. The van der Waals surface area contributed by atoms with Gasteiger partial charge in [0.25, 0.3) is 0 Å². The van der Waals surface area contributed by atoms with Gasteiger partial charge in [0, 0.05) is 12.1 Å². The van der Waals surface area contributed by atoms with Crippen molar-refractivity contribution in [3.05, 3.63) is 0 Å². The summed E-state index contributed by atoms with van der Waals surface area (Å²) in [6.45, 7) is 13.9.